The number of ether oxygens (including phenoxy) is 1. The van der Waals surface area contributed by atoms with E-state index in [4.69, 9.17) is 35.0 Å². The maximum absolute atomic E-state index is 8.49. The van der Waals surface area contributed by atoms with Gasteiger partial charge in [-0.15, -0.1) is 10.2 Å². The molecule has 1 aromatic carbocycles. The van der Waals surface area contributed by atoms with Crippen LogP contribution >= 0.6 is 11.6 Å². The minimum Gasteiger partial charge on any atom is -0.456 e. The maximum atomic E-state index is 8.49. The number of hydrogen-bond acceptors (Lipinski definition) is 5. The molecule has 1 heterocycles. The van der Waals surface area contributed by atoms with Crippen LogP contribution in [0.2, 0.25) is 0 Å². The van der Waals surface area contributed by atoms with E-state index in [1.54, 1.807) is 0 Å². The fourth-order valence-electron chi connectivity index (χ4n) is 2.92. The van der Waals surface area contributed by atoms with Crippen molar-refractivity contribution in [3.8, 4) is 5.75 Å². The molecule has 1 aromatic rings. The fourth-order valence-corrected chi connectivity index (χ4v) is 3.24. The van der Waals surface area contributed by atoms with E-state index in [0.29, 0.717) is 5.92 Å². The van der Waals surface area contributed by atoms with E-state index in [2.05, 4.69) is 17.7 Å². The smallest absolute Gasteiger partial charge is 0.169 e. The first-order chi connectivity index (χ1) is 11.6. The van der Waals surface area contributed by atoms with E-state index in [1.165, 1.54) is 5.57 Å². The van der Waals surface area contributed by atoms with Gasteiger partial charge in [-0.3, -0.25) is 0 Å². The number of nitrogens with zero attached hydrogens (tertiary/aromatic N) is 1. The molecule has 6 nitrogen and oxygen atoms in total. The molecule has 1 atom stereocenters. The monoisotopic (exact) mass is 387 g/mol. The Hall–Kier alpha value is -1.41. The van der Waals surface area contributed by atoms with Crippen molar-refractivity contribution in [3.63, 3.8) is 0 Å². The summed E-state index contributed by atoms with van der Waals surface area (Å²) in [7, 11) is -0.872. The number of halogens is 2. The molecule has 0 saturated carbocycles. The molecule has 3 rings (SSSR count). The quantitative estimate of drug-likeness (QED) is 0.468. The Morgan fingerprint density at radius 3 is 2.36 bits per heavy atom. The molecule has 0 aromatic heterocycles. The van der Waals surface area contributed by atoms with E-state index < -0.39 is 10.2 Å². The largest absolute Gasteiger partial charge is 0.456 e. The van der Waals surface area contributed by atoms with Crippen LogP contribution in [0.3, 0.4) is 0 Å². The van der Waals surface area contributed by atoms with Crippen LogP contribution in [0.25, 0.3) is 5.03 Å². The third-order valence-electron chi connectivity index (χ3n) is 3.70. The van der Waals surface area contributed by atoms with Gasteiger partial charge >= 0.3 is 0 Å². The lowest BCUT2D eigenvalue weighted by Gasteiger charge is -2.30. The summed E-state index contributed by atoms with van der Waals surface area (Å²) in [6.45, 7) is 2.26. The van der Waals surface area contributed by atoms with Crippen molar-refractivity contribution in [1.29, 1.82) is 0 Å². The van der Waals surface area contributed by atoms with Gasteiger partial charge in [-0.25, -0.2) is 23.2 Å². The van der Waals surface area contributed by atoms with Crippen LogP contribution in [0.15, 0.2) is 41.2 Å². The Balaban J connectivity index is 0.000000399. The first-order valence-electron chi connectivity index (χ1n) is 7.58. The Labute approximate surface area is 153 Å². The molecule has 0 bridgehead atoms. The van der Waals surface area contributed by atoms with E-state index >= 15 is 0 Å². The first kappa shape index (κ1) is 19.9. The summed E-state index contributed by atoms with van der Waals surface area (Å²) < 4.78 is 42.2. The number of rotatable bonds is 1. The normalized spacial score (nSPS) is 19.3. The standard InChI is InChI=1S/C17H19ClNO.ClHO4/c1-11-8-12(10-19(2)3)17-14(9-11)16(18)13-6-4-5-7-15(13)20-17;2-1(3,4)5/h4-7,10-11H,8-9H2,1-3H3;(H,2,3,4,5)/q+1;/p-1. The Morgan fingerprint density at radius 1 is 1.16 bits per heavy atom. The summed E-state index contributed by atoms with van der Waals surface area (Å²) in [4.78, 5) is 0. The van der Waals surface area contributed by atoms with Crippen molar-refractivity contribution < 1.29 is 38.2 Å². The molecule has 0 radical (unpaired) electrons. The molecule has 136 valence electrons. The van der Waals surface area contributed by atoms with Crippen LogP contribution in [-0.4, -0.2) is 24.9 Å². The second kappa shape index (κ2) is 7.86. The predicted octanol–water partition coefficient (Wildman–Crippen LogP) is -0.700. The van der Waals surface area contributed by atoms with Crippen molar-refractivity contribution in [2.75, 3.05) is 14.1 Å². The molecule has 1 aliphatic heterocycles. The predicted molar refractivity (Wildman–Crippen MR) is 83.4 cm³/mol. The zero-order chi connectivity index (χ0) is 18.8. The van der Waals surface area contributed by atoms with Crippen molar-refractivity contribution in [1.82, 2.24) is 0 Å². The molecule has 0 amide bonds. The first-order valence-corrected chi connectivity index (χ1v) is 9.20. The Bertz CT molecular complexity index is 740. The van der Waals surface area contributed by atoms with Crippen LogP contribution in [0.4, 0.5) is 0 Å². The summed E-state index contributed by atoms with van der Waals surface area (Å²) >= 11 is 6.63. The molecule has 25 heavy (non-hydrogen) atoms. The van der Waals surface area contributed by atoms with Gasteiger partial charge in [-0.2, -0.15) is 0 Å². The molecule has 0 spiro atoms. The number of allylic oxidation sites excluding steroid dienone is 2. The van der Waals surface area contributed by atoms with Crippen molar-refractivity contribution in [2.24, 2.45) is 5.92 Å². The van der Waals surface area contributed by atoms with Crippen molar-refractivity contribution in [2.45, 2.75) is 19.8 Å². The number of fused-ring (bicyclic) bond motifs is 2. The number of hydrogen-bond donors (Lipinski definition) is 0. The summed E-state index contributed by atoms with van der Waals surface area (Å²) in [5.74, 6) is 2.40. The van der Waals surface area contributed by atoms with E-state index in [0.717, 1.165) is 40.5 Å². The topological polar surface area (TPSA) is 104 Å². The van der Waals surface area contributed by atoms with Crippen LogP contribution in [0.1, 0.15) is 25.3 Å². The third kappa shape index (κ3) is 5.54. The molecule has 8 heteroatoms. The highest BCUT2D eigenvalue weighted by Gasteiger charge is 2.31. The maximum Gasteiger partial charge on any atom is 0.169 e. The zero-order valence-corrected chi connectivity index (χ0v) is 15.6. The summed E-state index contributed by atoms with van der Waals surface area (Å²) in [5, 5.41) is 0.845. The molecule has 0 saturated heterocycles. The second-order valence-electron chi connectivity index (χ2n) is 6.23. The van der Waals surface area contributed by atoms with Crippen LogP contribution in [0, 0.1) is 16.2 Å². The lowest BCUT2D eigenvalue weighted by atomic mass is 9.84. The summed E-state index contributed by atoms with van der Waals surface area (Å²) in [5.41, 5.74) is 3.39. The molecular formula is C17H19Cl2NO5. The summed E-state index contributed by atoms with van der Waals surface area (Å²) in [6, 6.07) is 7.98. The third-order valence-corrected chi connectivity index (χ3v) is 4.13. The van der Waals surface area contributed by atoms with Gasteiger partial charge in [-0.1, -0.05) is 30.7 Å². The molecule has 1 aliphatic carbocycles. The number of benzene rings is 1. The lowest BCUT2D eigenvalue weighted by Crippen LogP contribution is -2.68. The molecule has 2 aliphatic rings. The van der Waals surface area contributed by atoms with Crippen molar-refractivity contribution in [3.05, 3.63) is 46.7 Å². The number of para-hydroxylation sites is 1. The highest BCUT2D eigenvalue weighted by atomic mass is 35.7. The minimum absolute atomic E-state index is 0.586. The fraction of sp³-hybridized carbons (Fsp3) is 0.353. The van der Waals surface area contributed by atoms with Gasteiger partial charge in [0.15, 0.2) is 6.21 Å². The van der Waals surface area contributed by atoms with Gasteiger partial charge in [0.2, 0.25) is 0 Å². The van der Waals surface area contributed by atoms with Gasteiger partial charge < -0.3 is 4.74 Å². The molecular weight excluding hydrogens is 369 g/mol. The van der Waals surface area contributed by atoms with Crippen LogP contribution < -0.4 is 23.4 Å². The van der Waals surface area contributed by atoms with Gasteiger partial charge in [0.05, 0.1) is 10.6 Å². The van der Waals surface area contributed by atoms with Gasteiger partial charge in [0.25, 0.3) is 0 Å². The van der Waals surface area contributed by atoms with Gasteiger partial charge in [-0.05, 0) is 30.9 Å². The second-order valence-corrected chi connectivity index (χ2v) is 7.36. The lowest BCUT2D eigenvalue weighted by molar-refractivity contribution is -2.00. The highest BCUT2D eigenvalue weighted by molar-refractivity contribution is 6.50. The molecule has 1 unspecified atom stereocenters. The Morgan fingerprint density at radius 2 is 1.76 bits per heavy atom. The zero-order valence-electron chi connectivity index (χ0n) is 14.1. The van der Waals surface area contributed by atoms with Crippen LogP contribution in [-0.2, 0) is 0 Å². The van der Waals surface area contributed by atoms with E-state index in [-0.39, 0.29) is 0 Å². The highest BCUT2D eigenvalue weighted by Crippen LogP contribution is 2.46. The van der Waals surface area contributed by atoms with E-state index in [9.17, 15) is 0 Å². The van der Waals surface area contributed by atoms with Gasteiger partial charge in [0.1, 0.15) is 25.6 Å². The minimum atomic E-state index is -4.94. The SMILES string of the molecule is CC1CC(C=[N+](C)C)=C2Oc3ccccc3C(Cl)=C2C1.[O-][Cl+3]([O-])([O-])[O-]. The Kier molecular flexibility index (Phi) is 6.26. The summed E-state index contributed by atoms with van der Waals surface area (Å²) in [6.07, 6.45) is 4.15. The van der Waals surface area contributed by atoms with Gasteiger partial charge in [0, 0.05) is 11.1 Å². The van der Waals surface area contributed by atoms with Crippen molar-refractivity contribution >= 4 is 22.8 Å². The average Bonchev–Trinajstić information content (AvgIpc) is 2.46. The molecule has 0 N–H and O–H groups in total. The average molecular weight is 388 g/mol. The molecule has 0 fully saturated rings. The van der Waals surface area contributed by atoms with Crippen LogP contribution in [0.5, 0.6) is 5.75 Å². The van der Waals surface area contributed by atoms with E-state index in [1.807, 2.05) is 38.4 Å².